The monoisotopic (exact) mass is 989 g/mol. The van der Waals surface area contributed by atoms with Gasteiger partial charge in [-0.15, -0.1) is 0 Å². The van der Waals surface area contributed by atoms with E-state index in [1.54, 1.807) is 0 Å². The normalized spacial score (nSPS) is 12.7. The summed E-state index contributed by atoms with van der Waals surface area (Å²) in [7, 11) is 0. The predicted octanol–water partition coefficient (Wildman–Crippen LogP) is 20.3. The second kappa shape index (κ2) is 59.2. The smallest absolute Gasteiger partial charge is 0.306 e. The Hall–Kier alpha value is -3.41. The number of hydrogen-bond acceptors (Lipinski definition) is 6. The topological polar surface area (TPSA) is 78.9 Å². The minimum Gasteiger partial charge on any atom is -0.462 e. The molecule has 0 aliphatic rings. The van der Waals surface area contributed by atoms with Crippen LogP contribution in [0.4, 0.5) is 0 Å². The third-order valence-corrected chi connectivity index (χ3v) is 12.8. The Labute approximate surface area is 439 Å². The summed E-state index contributed by atoms with van der Waals surface area (Å²) < 4.78 is 16.9. The van der Waals surface area contributed by atoms with Gasteiger partial charge in [-0.3, -0.25) is 14.4 Å². The van der Waals surface area contributed by atoms with Crippen molar-refractivity contribution in [3.05, 3.63) is 85.1 Å². The van der Waals surface area contributed by atoms with E-state index in [0.717, 1.165) is 103 Å². The summed E-state index contributed by atoms with van der Waals surface area (Å²) >= 11 is 0. The lowest BCUT2D eigenvalue weighted by Gasteiger charge is -2.18. The van der Waals surface area contributed by atoms with E-state index in [9.17, 15) is 14.4 Å². The molecule has 0 N–H and O–H groups in total. The average molecular weight is 990 g/mol. The van der Waals surface area contributed by atoms with Gasteiger partial charge < -0.3 is 14.2 Å². The Bertz CT molecular complexity index is 1370. The highest BCUT2D eigenvalue weighted by Gasteiger charge is 2.19. The highest BCUT2D eigenvalue weighted by Crippen LogP contribution is 2.15. The first kappa shape index (κ1) is 67.6. The van der Waals surface area contributed by atoms with Crippen LogP contribution in [-0.2, 0) is 28.6 Å². The molecular formula is C65H112O6. The number of ether oxygens (including phenoxy) is 3. The third kappa shape index (κ3) is 57.4. The van der Waals surface area contributed by atoms with Gasteiger partial charge in [-0.2, -0.15) is 0 Å². The third-order valence-electron chi connectivity index (χ3n) is 12.8. The molecule has 0 spiro atoms. The number of unbranched alkanes of at least 4 members (excludes halogenated alkanes) is 29. The van der Waals surface area contributed by atoms with Gasteiger partial charge in [0.25, 0.3) is 0 Å². The van der Waals surface area contributed by atoms with Crippen LogP contribution in [0.3, 0.4) is 0 Å². The molecular weight excluding hydrogens is 877 g/mol. The maximum Gasteiger partial charge on any atom is 0.306 e. The first-order valence-electron chi connectivity index (χ1n) is 30.1. The van der Waals surface area contributed by atoms with Crippen molar-refractivity contribution in [2.45, 2.75) is 297 Å². The molecule has 0 saturated carbocycles. The number of carbonyl (C=O) groups excluding carboxylic acids is 3. The minimum atomic E-state index is -0.791. The van der Waals surface area contributed by atoms with Gasteiger partial charge in [0.2, 0.25) is 0 Å². The molecule has 0 bridgehead atoms. The van der Waals surface area contributed by atoms with Crippen molar-refractivity contribution in [1.29, 1.82) is 0 Å². The van der Waals surface area contributed by atoms with Crippen molar-refractivity contribution < 1.29 is 28.6 Å². The summed E-state index contributed by atoms with van der Waals surface area (Å²) in [6.07, 6.45) is 77.0. The molecule has 0 saturated heterocycles. The van der Waals surface area contributed by atoms with Crippen LogP contribution in [0.25, 0.3) is 0 Å². The van der Waals surface area contributed by atoms with Crippen LogP contribution in [0, 0.1) is 0 Å². The van der Waals surface area contributed by atoms with Crippen molar-refractivity contribution >= 4 is 17.9 Å². The van der Waals surface area contributed by atoms with Crippen LogP contribution >= 0.6 is 0 Å². The molecule has 0 radical (unpaired) electrons. The summed E-state index contributed by atoms with van der Waals surface area (Å²) in [6, 6.07) is 0. The van der Waals surface area contributed by atoms with E-state index in [1.807, 2.05) is 0 Å². The Morgan fingerprint density at radius 1 is 0.282 bits per heavy atom. The second-order valence-corrected chi connectivity index (χ2v) is 19.9. The van der Waals surface area contributed by atoms with E-state index in [2.05, 4.69) is 106 Å². The molecule has 1 atom stereocenters. The molecule has 0 aromatic heterocycles. The fourth-order valence-electron chi connectivity index (χ4n) is 8.27. The molecule has 408 valence electrons. The zero-order chi connectivity index (χ0) is 51.4. The second-order valence-electron chi connectivity index (χ2n) is 19.9. The summed E-state index contributed by atoms with van der Waals surface area (Å²) in [4.78, 5) is 38.2. The molecule has 1 unspecified atom stereocenters. The van der Waals surface area contributed by atoms with Crippen molar-refractivity contribution in [3.8, 4) is 0 Å². The van der Waals surface area contributed by atoms with E-state index >= 15 is 0 Å². The van der Waals surface area contributed by atoms with Crippen molar-refractivity contribution in [1.82, 2.24) is 0 Å². The van der Waals surface area contributed by atoms with Gasteiger partial charge in [-0.05, 0) is 122 Å². The Morgan fingerprint density at radius 3 is 0.789 bits per heavy atom. The lowest BCUT2D eigenvalue weighted by Crippen LogP contribution is -2.30. The van der Waals surface area contributed by atoms with Crippen LogP contribution in [0.1, 0.15) is 290 Å². The standard InChI is InChI=1S/C65H112O6/c1-4-7-10-13-16-19-22-25-28-31-32-35-37-40-43-46-49-52-55-58-64(67)70-61-62(71-65(68)59-56-53-50-47-44-41-38-34-30-27-24-21-18-15-12-9-6-3)60-69-63(66)57-54-51-48-45-42-39-36-33-29-26-23-20-17-14-11-8-5-2/h16-21,25-30,32,35,62H,4-15,22-24,31,33-34,36-61H2,1-3H3/b19-16-,20-17-,21-18-,28-25-,29-26-,30-27-,35-32-. The van der Waals surface area contributed by atoms with Crippen molar-refractivity contribution in [2.24, 2.45) is 0 Å². The van der Waals surface area contributed by atoms with E-state index < -0.39 is 6.10 Å². The van der Waals surface area contributed by atoms with Crippen LogP contribution in [-0.4, -0.2) is 37.2 Å². The van der Waals surface area contributed by atoms with Crippen LogP contribution < -0.4 is 0 Å². The summed E-state index contributed by atoms with van der Waals surface area (Å²) in [6.45, 7) is 6.56. The van der Waals surface area contributed by atoms with Crippen molar-refractivity contribution in [2.75, 3.05) is 13.2 Å². The van der Waals surface area contributed by atoms with E-state index in [1.165, 1.54) is 148 Å². The summed E-state index contributed by atoms with van der Waals surface area (Å²) in [5.41, 5.74) is 0. The molecule has 0 heterocycles. The fourth-order valence-corrected chi connectivity index (χ4v) is 8.27. The van der Waals surface area contributed by atoms with Gasteiger partial charge >= 0.3 is 17.9 Å². The highest BCUT2D eigenvalue weighted by atomic mass is 16.6. The lowest BCUT2D eigenvalue weighted by atomic mass is 10.1. The van der Waals surface area contributed by atoms with Gasteiger partial charge in [0, 0.05) is 19.3 Å². The quantitative estimate of drug-likeness (QED) is 0.0261. The summed E-state index contributed by atoms with van der Waals surface area (Å²) in [5, 5.41) is 0. The molecule has 6 nitrogen and oxygen atoms in total. The molecule has 0 aromatic carbocycles. The Balaban J connectivity index is 4.43. The zero-order valence-corrected chi connectivity index (χ0v) is 46.7. The van der Waals surface area contributed by atoms with Crippen LogP contribution in [0.5, 0.6) is 0 Å². The fraction of sp³-hybridized carbons (Fsp3) is 0.738. The minimum absolute atomic E-state index is 0.0881. The number of carbonyl (C=O) groups is 3. The largest absolute Gasteiger partial charge is 0.462 e. The molecule has 0 rings (SSSR count). The maximum absolute atomic E-state index is 12.9. The van der Waals surface area contributed by atoms with Gasteiger partial charge in [0.05, 0.1) is 0 Å². The molecule has 6 heteroatoms. The highest BCUT2D eigenvalue weighted by molar-refractivity contribution is 5.71. The average Bonchev–Trinajstić information content (AvgIpc) is 3.37. The number of hydrogen-bond donors (Lipinski definition) is 0. The molecule has 0 aromatic rings. The number of allylic oxidation sites excluding steroid dienone is 14. The van der Waals surface area contributed by atoms with Crippen LogP contribution in [0.15, 0.2) is 85.1 Å². The zero-order valence-electron chi connectivity index (χ0n) is 46.7. The molecule has 0 aliphatic carbocycles. The van der Waals surface area contributed by atoms with Gasteiger partial charge in [0.1, 0.15) is 13.2 Å². The van der Waals surface area contributed by atoms with Gasteiger partial charge in [-0.1, -0.05) is 234 Å². The SMILES string of the molecule is CCCCC/C=C\C/C=C\C/C=C\CCCCCCCCC(=O)OCC(COC(=O)CCCCCCCCC/C=C\C/C=C\CCCCC)OC(=O)CCCCCCCCC/C=C\C/C=C\CCCCC. The van der Waals surface area contributed by atoms with E-state index in [0.29, 0.717) is 19.3 Å². The molecule has 0 fully saturated rings. The number of esters is 3. The Morgan fingerprint density at radius 2 is 0.507 bits per heavy atom. The number of rotatable bonds is 54. The predicted molar refractivity (Wildman–Crippen MR) is 307 cm³/mol. The van der Waals surface area contributed by atoms with Gasteiger partial charge in [0.15, 0.2) is 6.10 Å². The summed E-state index contributed by atoms with van der Waals surface area (Å²) in [5.74, 6) is -0.908. The molecule has 0 amide bonds. The lowest BCUT2D eigenvalue weighted by molar-refractivity contribution is -0.167. The van der Waals surface area contributed by atoms with Crippen molar-refractivity contribution in [3.63, 3.8) is 0 Å². The van der Waals surface area contributed by atoms with E-state index in [-0.39, 0.29) is 31.1 Å². The molecule has 71 heavy (non-hydrogen) atoms. The first-order chi connectivity index (χ1) is 35.0. The molecule has 0 aliphatic heterocycles. The first-order valence-corrected chi connectivity index (χ1v) is 30.1. The van der Waals surface area contributed by atoms with Gasteiger partial charge in [-0.25, -0.2) is 0 Å². The van der Waals surface area contributed by atoms with Crippen LogP contribution in [0.2, 0.25) is 0 Å². The van der Waals surface area contributed by atoms with E-state index in [4.69, 9.17) is 14.2 Å². The maximum atomic E-state index is 12.9. The Kier molecular flexibility index (Phi) is 56.3.